The lowest BCUT2D eigenvalue weighted by molar-refractivity contribution is 0.175. The van der Waals surface area contributed by atoms with Gasteiger partial charge < -0.3 is 13.9 Å². The van der Waals surface area contributed by atoms with Gasteiger partial charge in [0.2, 0.25) is 5.89 Å². The van der Waals surface area contributed by atoms with E-state index in [0.29, 0.717) is 5.89 Å². The van der Waals surface area contributed by atoms with Crippen molar-refractivity contribution < 1.29 is 13.9 Å². The fourth-order valence-electron chi connectivity index (χ4n) is 4.18. The van der Waals surface area contributed by atoms with Crippen LogP contribution in [0.25, 0.3) is 11.5 Å². The van der Waals surface area contributed by atoms with E-state index in [1.165, 1.54) is 24.8 Å². The van der Waals surface area contributed by atoms with Crippen LogP contribution < -0.4 is 9.47 Å². The number of likely N-dealkylation sites (tertiary alicyclic amines) is 1. The maximum atomic E-state index is 6.01. The summed E-state index contributed by atoms with van der Waals surface area (Å²) in [6.07, 6.45) is 3.63. The van der Waals surface area contributed by atoms with E-state index < -0.39 is 0 Å². The van der Waals surface area contributed by atoms with Crippen molar-refractivity contribution in [2.45, 2.75) is 32.7 Å². The lowest BCUT2D eigenvalue weighted by Crippen LogP contribution is -2.34. The van der Waals surface area contributed by atoms with Crippen molar-refractivity contribution in [1.29, 1.82) is 0 Å². The second-order valence-electron chi connectivity index (χ2n) is 8.00. The Labute approximate surface area is 178 Å². The van der Waals surface area contributed by atoms with Gasteiger partial charge in [-0.3, -0.25) is 4.90 Å². The summed E-state index contributed by atoms with van der Waals surface area (Å²) in [5.74, 6) is 3.69. The van der Waals surface area contributed by atoms with Gasteiger partial charge >= 0.3 is 0 Å². The average molecular weight is 407 g/mol. The minimum absolute atomic E-state index is 0.581. The number of ether oxygens (including phenoxy) is 2. The Balaban J connectivity index is 1.40. The molecule has 2 heterocycles. The highest BCUT2D eigenvalue weighted by Crippen LogP contribution is 2.34. The van der Waals surface area contributed by atoms with Crippen molar-refractivity contribution in [3.8, 4) is 23.0 Å². The van der Waals surface area contributed by atoms with Crippen molar-refractivity contribution in [2.24, 2.45) is 5.92 Å². The molecule has 1 fully saturated rings. The Hall–Kier alpha value is -2.79. The van der Waals surface area contributed by atoms with Crippen LogP contribution in [0.2, 0.25) is 0 Å². The van der Waals surface area contributed by atoms with Crippen molar-refractivity contribution in [3.05, 3.63) is 65.5 Å². The van der Waals surface area contributed by atoms with Crippen LogP contribution in [0.5, 0.6) is 11.5 Å². The van der Waals surface area contributed by atoms with Crippen LogP contribution in [0.4, 0.5) is 0 Å². The van der Waals surface area contributed by atoms with E-state index in [2.05, 4.69) is 35.2 Å². The standard InChI is InChI=1S/C25H30N2O3/c1-18-23(26-25(30-18)22-16-21(28-2)9-10-24(22)29-3)17-27-13-11-20(12-14-27)15-19-7-5-4-6-8-19/h4-10,16,20H,11-15,17H2,1-3H3. The second-order valence-corrected chi connectivity index (χ2v) is 8.00. The molecule has 5 heteroatoms. The molecular weight excluding hydrogens is 376 g/mol. The summed E-state index contributed by atoms with van der Waals surface area (Å²) in [5, 5.41) is 0. The van der Waals surface area contributed by atoms with Gasteiger partial charge in [-0.15, -0.1) is 0 Å². The summed E-state index contributed by atoms with van der Waals surface area (Å²) in [7, 11) is 3.31. The van der Waals surface area contributed by atoms with Crippen LogP contribution in [0.3, 0.4) is 0 Å². The summed E-state index contributed by atoms with van der Waals surface area (Å²) in [5.41, 5.74) is 3.25. The third-order valence-electron chi connectivity index (χ3n) is 5.98. The van der Waals surface area contributed by atoms with Crippen LogP contribution in [0.1, 0.15) is 29.9 Å². The average Bonchev–Trinajstić information content (AvgIpc) is 3.15. The van der Waals surface area contributed by atoms with E-state index in [-0.39, 0.29) is 0 Å². The predicted octanol–water partition coefficient (Wildman–Crippen LogP) is 5.12. The molecule has 5 nitrogen and oxygen atoms in total. The minimum Gasteiger partial charge on any atom is -0.497 e. The molecule has 4 rings (SSSR count). The Morgan fingerprint density at radius 3 is 2.50 bits per heavy atom. The van der Waals surface area contributed by atoms with E-state index in [1.807, 2.05) is 25.1 Å². The summed E-state index contributed by atoms with van der Waals surface area (Å²) >= 11 is 0. The zero-order chi connectivity index (χ0) is 20.9. The molecule has 158 valence electrons. The first kappa shape index (κ1) is 20.5. The minimum atomic E-state index is 0.581. The van der Waals surface area contributed by atoms with Gasteiger partial charge in [0.1, 0.15) is 17.3 Å². The van der Waals surface area contributed by atoms with Crippen LogP contribution >= 0.6 is 0 Å². The predicted molar refractivity (Wildman–Crippen MR) is 118 cm³/mol. The summed E-state index contributed by atoms with van der Waals surface area (Å²) < 4.78 is 16.9. The van der Waals surface area contributed by atoms with Crippen molar-refractivity contribution in [1.82, 2.24) is 9.88 Å². The Morgan fingerprint density at radius 1 is 1.03 bits per heavy atom. The van der Waals surface area contributed by atoms with Gasteiger partial charge in [0.05, 0.1) is 25.5 Å². The smallest absolute Gasteiger partial charge is 0.230 e. The molecule has 0 atom stereocenters. The lowest BCUT2D eigenvalue weighted by atomic mass is 9.90. The number of oxazole rings is 1. The van der Waals surface area contributed by atoms with Gasteiger partial charge in [-0.05, 0) is 69.0 Å². The fourth-order valence-corrected chi connectivity index (χ4v) is 4.18. The molecule has 1 aliphatic heterocycles. The van der Waals surface area contributed by atoms with Crippen LogP contribution in [0, 0.1) is 12.8 Å². The quantitative estimate of drug-likeness (QED) is 0.545. The first-order valence-corrected chi connectivity index (χ1v) is 10.6. The highest BCUT2D eigenvalue weighted by atomic mass is 16.5. The van der Waals surface area contributed by atoms with Crippen molar-refractivity contribution >= 4 is 0 Å². The molecule has 0 aliphatic carbocycles. The Bertz CT molecular complexity index is 960. The van der Waals surface area contributed by atoms with E-state index in [9.17, 15) is 0 Å². The van der Waals surface area contributed by atoms with Gasteiger partial charge in [-0.25, -0.2) is 4.98 Å². The molecule has 0 unspecified atom stereocenters. The molecule has 30 heavy (non-hydrogen) atoms. The summed E-state index contributed by atoms with van der Waals surface area (Å²) in [6, 6.07) is 16.5. The number of rotatable bonds is 7. The zero-order valence-electron chi connectivity index (χ0n) is 18.1. The molecule has 2 aromatic carbocycles. The van der Waals surface area contributed by atoms with Gasteiger partial charge in [-0.2, -0.15) is 0 Å². The van der Waals surface area contributed by atoms with Crippen LogP contribution in [0.15, 0.2) is 52.9 Å². The Morgan fingerprint density at radius 2 is 1.80 bits per heavy atom. The number of hydrogen-bond donors (Lipinski definition) is 0. The topological polar surface area (TPSA) is 47.7 Å². The number of benzene rings is 2. The number of aryl methyl sites for hydroxylation is 1. The van der Waals surface area contributed by atoms with Gasteiger partial charge in [-0.1, -0.05) is 30.3 Å². The lowest BCUT2D eigenvalue weighted by Gasteiger charge is -2.31. The first-order valence-electron chi connectivity index (χ1n) is 10.6. The number of methoxy groups -OCH3 is 2. The fraction of sp³-hybridized carbons (Fsp3) is 0.400. The van der Waals surface area contributed by atoms with Crippen molar-refractivity contribution in [3.63, 3.8) is 0 Å². The van der Waals surface area contributed by atoms with Crippen LogP contribution in [-0.2, 0) is 13.0 Å². The number of piperidine rings is 1. The van der Waals surface area contributed by atoms with E-state index in [1.54, 1.807) is 14.2 Å². The van der Waals surface area contributed by atoms with E-state index in [4.69, 9.17) is 18.9 Å². The molecular formula is C25H30N2O3. The molecule has 1 saturated heterocycles. The molecule has 1 aromatic heterocycles. The first-order chi connectivity index (χ1) is 14.7. The third-order valence-corrected chi connectivity index (χ3v) is 5.98. The third kappa shape index (κ3) is 4.68. The number of nitrogens with zero attached hydrogens (tertiary/aromatic N) is 2. The summed E-state index contributed by atoms with van der Waals surface area (Å²) in [6.45, 7) is 5.00. The Kier molecular flexibility index (Phi) is 6.38. The molecule has 0 spiro atoms. The molecule has 0 amide bonds. The maximum absolute atomic E-state index is 6.01. The van der Waals surface area contributed by atoms with E-state index in [0.717, 1.165) is 54.1 Å². The van der Waals surface area contributed by atoms with E-state index >= 15 is 0 Å². The normalized spacial score (nSPS) is 15.3. The maximum Gasteiger partial charge on any atom is 0.230 e. The SMILES string of the molecule is COc1ccc(OC)c(-c2nc(CN3CCC(Cc4ccccc4)CC3)c(C)o2)c1. The summed E-state index contributed by atoms with van der Waals surface area (Å²) in [4.78, 5) is 7.29. The molecule has 0 bridgehead atoms. The van der Waals surface area contributed by atoms with Crippen molar-refractivity contribution in [2.75, 3.05) is 27.3 Å². The molecule has 0 saturated carbocycles. The van der Waals surface area contributed by atoms with Gasteiger partial charge in [0, 0.05) is 6.54 Å². The van der Waals surface area contributed by atoms with Crippen LogP contribution in [-0.4, -0.2) is 37.2 Å². The highest BCUT2D eigenvalue weighted by Gasteiger charge is 2.22. The molecule has 3 aromatic rings. The highest BCUT2D eigenvalue weighted by molar-refractivity contribution is 5.65. The second kappa shape index (κ2) is 9.35. The zero-order valence-corrected chi connectivity index (χ0v) is 18.1. The number of hydrogen-bond acceptors (Lipinski definition) is 5. The van der Waals surface area contributed by atoms with Gasteiger partial charge in [0.15, 0.2) is 0 Å². The monoisotopic (exact) mass is 406 g/mol. The largest absolute Gasteiger partial charge is 0.497 e. The number of aromatic nitrogens is 1. The molecule has 0 radical (unpaired) electrons. The molecule has 1 aliphatic rings. The van der Waals surface area contributed by atoms with Gasteiger partial charge in [0.25, 0.3) is 0 Å². The molecule has 0 N–H and O–H groups in total.